The number of anilines is 1. The summed E-state index contributed by atoms with van der Waals surface area (Å²) >= 11 is 0. The molecule has 0 fully saturated rings. The third-order valence-electron chi connectivity index (χ3n) is 3.27. The minimum absolute atomic E-state index is 0.0918. The van der Waals surface area contributed by atoms with Gasteiger partial charge in [0.2, 0.25) is 0 Å². The van der Waals surface area contributed by atoms with E-state index in [4.69, 9.17) is 4.42 Å². The van der Waals surface area contributed by atoms with E-state index in [1.54, 1.807) is 6.07 Å². The van der Waals surface area contributed by atoms with Crippen LogP contribution in [-0.4, -0.2) is 16.9 Å². The molecule has 0 atom stereocenters. The monoisotopic (exact) mass is 349 g/mol. The van der Waals surface area contributed by atoms with E-state index in [0.717, 1.165) is 18.2 Å². The van der Waals surface area contributed by atoms with Gasteiger partial charge in [-0.1, -0.05) is 6.07 Å². The number of nitrogens with one attached hydrogen (secondary N) is 2. The molecule has 1 aromatic heterocycles. The quantitative estimate of drug-likeness (QED) is 0.737. The van der Waals surface area contributed by atoms with Crippen LogP contribution in [0.1, 0.15) is 15.9 Å². The van der Waals surface area contributed by atoms with Crippen LogP contribution < -0.4 is 10.6 Å². The number of amides is 3. The molecule has 0 bridgehead atoms. The Hall–Kier alpha value is -3.36. The summed E-state index contributed by atoms with van der Waals surface area (Å²) in [5.41, 5.74) is 0.0533. The molecule has 6 nitrogen and oxygen atoms in total. The maximum Gasteiger partial charge on any atom is 0.416 e. The molecule has 3 amide bonds. The van der Waals surface area contributed by atoms with Gasteiger partial charge in [0.15, 0.2) is 12.0 Å². The summed E-state index contributed by atoms with van der Waals surface area (Å²) in [4.78, 5) is 27.7. The molecule has 0 spiro atoms. The van der Waals surface area contributed by atoms with Gasteiger partial charge in [-0.05, 0) is 36.4 Å². The molecule has 0 saturated heterocycles. The molecule has 3 aromatic rings. The number of hydrogen-bond acceptors (Lipinski definition) is 4. The molecule has 1 heterocycles. The first kappa shape index (κ1) is 16.5. The van der Waals surface area contributed by atoms with Crippen molar-refractivity contribution in [1.29, 1.82) is 0 Å². The fraction of sp³-hybridized carbons (Fsp3) is 0.0625. The van der Waals surface area contributed by atoms with Gasteiger partial charge >= 0.3 is 12.2 Å². The maximum atomic E-state index is 12.6. The van der Waals surface area contributed by atoms with Gasteiger partial charge in [-0.3, -0.25) is 10.1 Å². The van der Waals surface area contributed by atoms with Gasteiger partial charge in [0.25, 0.3) is 5.91 Å². The molecule has 0 radical (unpaired) electrons. The predicted molar refractivity (Wildman–Crippen MR) is 81.9 cm³/mol. The van der Waals surface area contributed by atoms with Gasteiger partial charge in [0.05, 0.1) is 5.56 Å². The number of benzene rings is 2. The average Bonchev–Trinajstić information content (AvgIpc) is 3.01. The number of fused-ring (bicyclic) bond motifs is 1. The first-order valence-electron chi connectivity index (χ1n) is 6.96. The van der Waals surface area contributed by atoms with E-state index < -0.39 is 23.7 Å². The molecule has 0 aliphatic rings. The average molecular weight is 349 g/mol. The summed E-state index contributed by atoms with van der Waals surface area (Å²) in [5.74, 6) is -0.734. The summed E-state index contributed by atoms with van der Waals surface area (Å²) in [6.07, 6.45) is -3.32. The predicted octanol–water partition coefficient (Wildman–Crippen LogP) is 3.81. The summed E-state index contributed by atoms with van der Waals surface area (Å²) < 4.78 is 43.0. The molecule has 0 aliphatic carbocycles. The van der Waals surface area contributed by atoms with E-state index >= 15 is 0 Å². The molecule has 25 heavy (non-hydrogen) atoms. The number of urea groups is 1. The molecule has 0 aliphatic heterocycles. The topological polar surface area (TPSA) is 84.2 Å². The molecule has 0 unspecified atom stereocenters. The second-order valence-electron chi connectivity index (χ2n) is 5.02. The van der Waals surface area contributed by atoms with E-state index in [0.29, 0.717) is 11.1 Å². The van der Waals surface area contributed by atoms with Gasteiger partial charge in [-0.2, -0.15) is 13.2 Å². The van der Waals surface area contributed by atoms with Crippen molar-refractivity contribution in [3.05, 3.63) is 60.0 Å². The van der Waals surface area contributed by atoms with Crippen LogP contribution in [0.3, 0.4) is 0 Å². The Morgan fingerprint density at radius 2 is 1.88 bits per heavy atom. The van der Waals surface area contributed by atoms with Crippen LogP contribution in [0.15, 0.2) is 53.3 Å². The van der Waals surface area contributed by atoms with Crippen LogP contribution in [0.2, 0.25) is 0 Å². The third kappa shape index (κ3) is 3.77. The molecule has 2 aromatic carbocycles. The van der Waals surface area contributed by atoms with Crippen molar-refractivity contribution in [2.45, 2.75) is 6.18 Å². The highest BCUT2D eigenvalue weighted by molar-refractivity contribution is 6.08. The number of nitrogens with zero attached hydrogens (tertiary/aromatic N) is 1. The molecule has 128 valence electrons. The third-order valence-corrected chi connectivity index (χ3v) is 3.27. The number of rotatable bonds is 2. The number of oxazole rings is 1. The van der Waals surface area contributed by atoms with Crippen molar-refractivity contribution in [3.8, 4) is 0 Å². The van der Waals surface area contributed by atoms with E-state index in [2.05, 4.69) is 10.3 Å². The molecular weight excluding hydrogens is 339 g/mol. The largest absolute Gasteiger partial charge is 0.443 e. The lowest BCUT2D eigenvalue weighted by molar-refractivity contribution is -0.137. The Labute approximate surface area is 138 Å². The van der Waals surface area contributed by atoms with Gasteiger partial charge < -0.3 is 9.73 Å². The van der Waals surface area contributed by atoms with Crippen LogP contribution in [0.4, 0.5) is 23.7 Å². The smallest absolute Gasteiger partial charge is 0.416 e. The van der Waals surface area contributed by atoms with Crippen molar-refractivity contribution >= 4 is 28.7 Å². The van der Waals surface area contributed by atoms with E-state index in [1.165, 1.54) is 24.6 Å². The van der Waals surface area contributed by atoms with Gasteiger partial charge in [0, 0.05) is 11.3 Å². The van der Waals surface area contributed by atoms with Gasteiger partial charge in [0.1, 0.15) is 5.52 Å². The Balaban J connectivity index is 1.68. The summed E-state index contributed by atoms with van der Waals surface area (Å²) in [6.45, 7) is 0. The SMILES string of the molecule is O=C(NC(=O)c1ccc2ncoc2c1)Nc1cccc(C(F)(F)F)c1. The highest BCUT2D eigenvalue weighted by Gasteiger charge is 2.30. The fourth-order valence-corrected chi connectivity index (χ4v) is 2.11. The second kappa shape index (κ2) is 6.27. The number of carbonyl (C=O) groups excluding carboxylic acids is 2. The van der Waals surface area contributed by atoms with Crippen molar-refractivity contribution < 1.29 is 27.2 Å². The van der Waals surface area contributed by atoms with Crippen LogP contribution in [0.5, 0.6) is 0 Å². The van der Waals surface area contributed by atoms with Gasteiger partial charge in [-0.15, -0.1) is 0 Å². The standard InChI is InChI=1S/C16H10F3N3O3/c17-16(18,19)10-2-1-3-11(7-10)21-15(24)22-14(23)9-4-5-12-13(6-9)25-8-20-12/h1-8H,(H2,21,22,23,24). The number of halogens is 3. The lowest BCUT2D eigenvalue weighted by Crippen LogP contribution is -2.34. The maximum absolute atomic E-state index is 12.6. The zero-order valence-corrected chi connectivity index (χ0v) is 12.4. The Kier molecular flexibility index (Phi) is 4.14. The van der Waals surface area contributed by atoms with Gasteiger partial charge in [-0.25, -0.2) is 9.78 Å². The Morgan fingerprint density at radius 3 is 2.64 bits per heavy atom. The molecule has 2 N–H and O–H groups in total. The molecule has 9 heteroatoms. The van der Waals surface area contributed by atoms with Crippen molar-refractivity contribution in [2.75, 3.05) is 5.32 Å². The number of imide groups is 1. The second-order valence-corrected chi connectivity index (χ2v) is 5.02. The lowest BCUT2D eigenvalue weighted by Gasteiger charge is -2.10. The normalized spacial score (nSPS) is 11.3. The minimum Gasteiger partial charge on any atom is -0.443 e. The summed E-state index contributed by atoms with van der Waals surface area (Å²) in [6, 6.07) is 7.50. The van der Waals surface area contributed by atoms with Crippen molar-refractivity contribution in [1.82, 2.24) is 10.3 Å². The molecule has 3 rings (SSSR count). The van der Waals surface area contributed by atoms with E-state index in [-0.39, 0.29) is 11.3 Å². The van der Waals surface area contributed by atoms with Crippen molar-refractivity contribution in [3.63, 3.8) is 0 Å². The first-order chi connectivity index (χ1) is 11.8. The van der Waals surface area contributed by atoms with E-state index in [1.807, 2.05) is 5.32 Å². The highest BCUT2D eigenvalue weighted by atomic mass is 19.4. The minimum atomic E-state index is -4.53. The highest BCUT2D eigenvalue weighted by Crippen LogP contribution is 2.30. The summed E-state index contributed by atoms with van der Waals surface area (Å²) in [7, 11) is 0. The Bertz CT molecular complexity index is 950. The fourth-order valence-electron chi connectivity index (χ4n) is 2.11. The number of carbonyl (C=O) groups is 2. The van der Waals surface area contributed by atoms with Crippen LogP contribution in [0, 0.1) is 0 Å². The zero-order valence-electron chi connectivity index (χ0n) is 12.4. The van der Waals surface area contributed by atoms with Crippen LogP contribution >= 0.6 is 0 Å². The molecule has 0 saturated carbocycles. The molecular formula is C16H10F3N3O3. The van der Waals surface area contributed by atoms with E-state index in [9.17, 15) is 22.8 Å². The summed E-state index contributed by atoms with van der Waals surface area (Å²) in [5, 5.41) is 4.21. The Morgan fingerprint density at radius 1 is 1.08 bits per heavy atom. The number of hydrogen-bond donors (Lipinski definition) is 2. The first-order valence-corrected chi connectivity index (χ1v) is 6.96. The van der Waals surface area contributed by atoms with Crippen molar-refractivity contribution in [2.24, 2.45) is 0 Å². The number of aromatic nitrogens is 1. The van der Waals surface area contributed by atoms with Crippen LogP contribution in [0.25, 0.3) is 11.1 Å². The van der Waals surface area contributed by atoms with Crippen LogP contribution in [-0.2, 0) is 6.18 Å². The zero-order chi connectivity index (χ0) is 18.0. The lowest BCUT2D eigenvalue weighted by atomic mass is 10.2. The number of alkyl halides is 3.